The van der Waals surface area contributed by atoms with Crippen molar-refractivity contribution in [3.63, 3.8) is 0 Å². The Bertz CT molecular complexity index is 1140. The molecule has 3 aromatic heterocycles. The molecule has 0 atom stereocenters. The van der Waals surface area contributed by atoms with Crippen LogP contribution in [0.15, 0.2) is 48.8 Å². The first-order valence-electron chi connectivity index (χ1n) is 8.30. The van der Waals surface area contributed by atoms with E-state index in [1.165, 1.54) is 19.2 Å². The van der Waals surface area contributed by atoms with Crippen molar-refractivity contribution in [1.29, 1.82) is 0 Å². The molecule has 3 heterocycles. The Morgan fingerprint density at radius 1 is 1.00 bits per heavy atom. The molecule has 9 heteroatoms. The van der Waals surface area contributed by atoms with E-state index in [2.05, 4.69) is 24.9 Å². The fourth-order valence-electron chi connectivity index (χ4n) is 2.77. The van der Waals surface area contributed by atoms with Crippen LogP contribution in [0.25, 0.3) is 34.0 Å². The molecule has 0 spiro atoms. The van der Waals surface area contributed by atoms with Gasteiger partial charge in [0.25, 0.3) is 0 Å². The van der Waals surface area contributed by atoms with Gasteiger partial charge in [0.1, 0.15) is 17.3 Å². The van der Waals surface area contributed by atoms with Crippen LogP contribution in [0, 0.1) is 5.82 Å². The predicted molar refractivity (Wildman–Crippen MR) is 104 cm³/mol. The molecule has 0 bridgehead atoms. The molecule has 4 rings (SSSR count). The Morgan fingerprint density at radius 3 is 2.50 bits per heavy atom. The maximum absolute atomic E-state index is 13.3. The fourth-order valence-corrected chi connectivity index (χ4v) is 2.77. The third-order valence-corrected chi connectivity index (χ3v) is 4.13. The van der Waals surface area contributed by atoms with Gasteiger partial charge in [-0.05, 0) is 36.4 Å². The number of hydrogen-bond donors (Lipinski definition) is 3. The third kappa shape index (κ3) is 3.20. The number of pyridine rings is 1. The summed E-state index contributed by atoms with van der Waals surface area (Å²) in [7, 11) is 1.51. The number of methoxy groups -OCH3 is 1. The Labute approximate surface area is 159 Å². The normalized spacial score (nSPS) is 10.8. The Morgan fingerprint density at radius 2 is 1.79 bits per heavy atom. The summed E-state index contributed by atoms with van der Waals surface area (Å²) in [6, 6.07) is 9.46. The van der Waals surface area contributed by atoms with Gasteiger partial charge in [-0.1, -0.05) is 0 Å². The molecule has 0 aliphatic rings. The Balaban J connectivity index is 1.91. The summed E-state index contributed by atoms with van der Waals surface area (Å²) < 4.78 is 18.6. The van der Waals surface area contributed by atoms with E-state index >= 15 is 0 Å². The first kappa shape index (κ1) is 17.4. The number of H-pyrrole nitrogens is 1. The number of nitrogen functional groups attached to an aromatic ring is 2. The number of nitrogens with one attached hydrogen (secondary N) is 1. The molecule has 5 N–H and O–H groups in total. The average Bonchev–Trinajstić information content (AvgIpc) is 3.14. The van der Waals surface area contributed by atoms with Gasteiger partial charge in [-0.15, -0.1) is 0 Å². The van der Waals surface area contributed by atoms with Crippen LogP contribution in [0.5, 0.6) is 5.75 Å². The summed E-state index contributed by atoms with van der Waals surface area (Å²) in [5.41, 5.74) is 14.7. The molecule has 0 fully saturated rings. The molecule has 0 saturated heterocycles. The van der Waals surface area contributed by atoms with E-state index in [9.17, 15) is 4.39 Å². The van der Waals surface area contributed by atoms with Crippen LogP contribution in [-0.4, -0.2) is 32.0 Å². The molecule has 0 radical (unpaired) electrons. The van der Waals surface area contributed by atoms with Crippen molar-refractivity contribution < 1.29 is 9.13 Å². The van der Waals surface area contributed by atoms with E-state index in [4.69, 9.17) is 16.2 Å². The van der Waals surface area contributed by atoms with Crippen LogP contribution in [0.1, 0.15) is 0 Å². The first-order chi connectivity index (χ1) is 13.5. The van der Waals surface area contributed by atoms with Gasteiger partial charge in [-0.2, -0.15) is 0 Å². The van der Waals surface area contributed by atoms with Crippen LogP contribution in [-0.2, 0) is 0 Å². The molecule has 4 aromatic rings. The van der Waals surface area contributed by atoms with Crippen molar-refractivity contribution in [2.75, 3.05) is 18.6 Å². The van der Waals surface area contributed by atoms with E-state index in [0.29, 0.717) is 39.8 Å². The molecule has 8 nitrogen and oxygen atoms in total. The van der Waals surface area contributed by atoms with Gasteiger partial charge in [0.15, 0.2) is 11.6 Å². The zero-order chi connectivity index (χ0) is 19.7. The van der Waals surface area contributed by atoms with Crippen LogP contribution >= 0.6 is 0 Å². The zero-order valence-corrected chi connectivity index (χ0v) is 14.8. The van der Waals surface area contributed by atoms with Gasteiger partial charge < -0.3 is 21.2 Å². The summed E-state index contributed by atoms with van der Waals surface area (Å²) in [4.78, 5) is 20.3. The number of benzene rings is 1. The Hall–Kier alpha value is -4.01. The predicted octanol–water partition coefficient (Wildman–Crippen LogP) is 2.91. The van der Waals surface area contributed by atoms with Gasteiger partial charge in [-0.25, -0.2) is 24.3 Å². The lowest BCUT2D eigenvalue weighted by Crippen LogP contribution is -1.98. The lowest BCUT2D eigenvalue weighted by atomic mass is 10.1. The smallest absolute Gasteiger partial charge is 0.220 e. The highest BCUT2D eigenvalue weighted by Crippen LogP contribution is 2.34. The second-order valence-corrected chi connectivity index (χ2v) is 5.93. The van der Waals surface area contributed by atoms with Gasteiger partial charge in [-0.3, -0.25) is 0 Å². The number of ether oxygens (including phenoxy) is 1. The molecule has 0 aliphatic heterocycles. The minimum Gasteiger partial charge on any atom is -0.493 e. The quantitative estimate of drug-likeness (QED) is 0.499. The molecular weight excluding hydrogens is 361 g/mol. The van der Waals surface area contributed by atoms with E-state index in [0.717, 1.165) is 0 Å². The molecule has 28 heavy (non-hydrogen) atoms. The summed E-state index contributed by atoms with van der Waals surface area (Å²) in [5.74, 6) is 1.05. The van der Waals surface area contributed by atoms with E-state index in [1.54, 1.807) is 36.7 Å². The molecule has 1 aromatic carbocycles. The highest BCUT2D eigenvalue weighted by atomic mass is 19.1. The number of aromatic amines is 1. The second-order valence-electron chi connectivity index (χ2n) is 5.93. The average molecular weight is 377 g/mol. The molecule has 140 valence electrons. The highest BCUT2D eigenvalue weighted by molar-refractivity contribution is 5.80. The minimum atomic E-state index is -0.327. The topological polar surface area (TPSA) is 129 Å². The van der Waals surface area contributed by atoms with Crippen molar-refractivity contribution in [2.45, 2.75) is 0 Å². The van der Waals surface area contributed by atoms with Crippen molar-refractivity contribution in [3.8, 4) is 39.8 Å². The fraction of sp³-hybridized carbons (Fsp3) is 0.0526. The summed E-state index contributed by atoms with van der Waals surface area (Å²) in [5, 5.41) is 0. The number of hydrogen-bond acceptors (Lipinski definition) is 7. The maximum Gasteiger partial charge on any atom is 0.220 e. The SMILES string of the molecule is COc1cc(-c2nc(-c3ccc(F)cc3)[nH]c2-c2ccnc(N)n2)cnc1N. The molecule has 0 unspecified atom stereocenters. The number of nitrogens with zero attached hydrogens (tertiary/aromatic N) is 4. The number of anilines is 2. The van der Waals surface area contributed by atoms with Crippen LogP contribution in [0.3, 0.4) is 0 Å². The molecule has 0 saturated carbocycles. The molecule has 0 aliphatic carbocycles. The number of imidazole rings is 1. The van der Waals surface area contributed by atoms with Crippen molar-refractivity contribution in [2.24, 2.45) is 0 Å². The molecule has 0 amide bonds. The summed E-state index contributed by atoms with van der Waals surface area (Å²) in [6.07, 6.45) is 3.15. The van der Waals surface area contributed by atoms with Gasteiger partial charge in [0.2, 0.25) is 5.95 Å². The summed E-state index contributed by atoms with van der Waals surface area (Å²) in [6.45, 7) is 0. The van der Waals surface area contributed by atoms with Gasteiger partial charge in [0, 0.05) is 23.5 Å². The van der Waals surface area contributed by atoms with E-state index < -0.39 is 0 Å². The van der Waals surface area contributed by atoms with E-state index in [1.807, 2.05) is 0 Å². The number of rotatable bonds is 4. The van der Waals surface area contributed by atoms with Crippen molar-refractivity contribution in [1.82, 2.24) is 24.9 Å². The monoisotopic (exact) mass is 377 g/mol. The van der Waals surface area contributed by atoms with Crippen molar-refractivity contribution in [3.05, 3.63) is 54.6 Å². The minimum absolute atomic E-state index is 0.134. The van der Waals surface area contributed by atoms with E-state index in [-0.39, 0.29) is 17.6 Å². The number of halogens is 1. The third-order valence-electron chi connectivity index (χ3n) is 4.13. The first-order valence-corrected chi connectivity index (χ1v) is 8.30. The van der Waals surface area contributed by atoms with Gasteiger partial charge in [0.05, 0.1) is 18.5 Å². The summed E-state index contributed by atoms with van der Waals surface area (Å²) >= 11 is 0. The lowest BCUT2D eigenvalue weighted by molar-refractivity contribution is 0.415. The van der Waals surface area contributed by atoms with Gasteiger partial charge >= 0.3 is 0 Å². The number of aromatic nitrogens is 5. The largest absolute Gasteiger partial charge is 0.493 e. The number of nitrogens with two attached hydrogens (primary N) is 2. The Kier molecular flexibility index (Phi) is 4.32. The second kappa shape index (κ2) is 6.95. The maximum atomic E-state index is 13.3. The van der Waals surface area contributed by atoms with Crippen LogP contribution in [0.2, 0.25) is 0 Å². The molecular formula is C19H16FN7O. The van der Waals surface area contributed by atoms with Crippen molar-refractivity contribution >= 4 is 11.8 Å². The standard InChI is InChI=1S/C19H16FN7O/c1-28-14-8-11(9-24-17(14)21)15-16(13-6-7-23-19(22)25-13)27-18(26-15)10-2-4-12(20)5-3-10/h2-9H,1H3,(H2,21,24)(H,26,27)(H2,22,23,25). The van der Waals surface area contributed by atoms with Crippen LogP contribution in [0.4, 0.5) is 16.2 Å². The van der Waals surface area contributed by atoms with Crippen LogP contribution < -0.4 is 16.2 Å². The zero-order valence-electron chi connectivity index (χ0n) is 14.8. The lowest BCUT2D eigenvalue weighted by Gasteiger charge is -2.06. The highest BCUT2D eigenvalue weighted by Gasteiger charge is 2.18.